The molecule has 0 spiro atoms. The highest BCUT2D eigenvalue weighted by molar-refractivity contribution is 6.13. The van der Waals surface area contributed by atoms with Gasteiger partial charge in [-0.05, 0) is 84.8 Å². The van der Waals surface area contributed by atoms with Crippen LogP contribution in [0.1, 0.15) is 55.5 Å². The number of anilines is 4. The number of nitrogens with zero attached hydrogens (tertiary/aromatic N) is 4. The maximum atomic E-state index is 14.0. The molecule has 0 fully saturated rings. The monoisotopic (exact) mass is 751 g/mol. The molecule has 0 aliphatic carbocycles. The molecule has 0 saturated heterocycles. The Morgan fingerprint density at radius 2 is 1.41 bits per heavy atom. The predicted octanol–water partition coefficient (Wildman–Crippen LogP) is 7.48. The summed E-state index contributed by atoms with van der Waals surface area (Å²) in [6.45, 7) is 4.69. The van der Waals surface area contributed by atoms with E-state index in [4.69, 9.17) is 14.2 Å². The first-order valence-corrected chi connectivity index (χ1v) is 18.8. The van der Waals surface area contributed by atoms with Gasteiger partial charge in [0.05, 0.1) is 46.6 Å². The van der Waals surface area contributed by atoms with Gasteiger partial charge in [0.2, 0.25) is 0 Å². The number of benzene rings is 5. The first-order valence-electron chi connectivity index (χ1n) is 18.8. The fraction of sp³-hybridized carbons (Fsp3) is 0.273. The summed E-state index contributed by atoms with van der Waals surface area (Å²) in [5.41, 5.74) is 8.53. The van der Waals surface area contributed by atoms with Crippen molar-refractivity contribution in [3.05, 3.63) is 140 Å². The Bertz CT molecular complexity index is 2450. The number of nitro groups is 1. The fourth-order valence-electron chi connectivity index (χ4n) is 8.76. The number of carbonyl (C=O) groups is 2. The van der Waals surface area contributed by atoms with Gasteiger partial charge in [-0.2, -0.15) is 0 Å². The Morgan fingerprint density at radius 1 is 0.768 bits per heavy atom. The number of non-ortho nitro benzene ring substituents is 1. The van der Waals surface area contributed by atoms with Gasteiger partial charge in [0.15, 0.2) is 11.5 Å². The van der Waals surface area contributed by atoms with Crippen LogP contribution in [-0.4, -0.2) is 55.6 Å². The third kappa shape index (κ3) is 5.92. The Kier molecular flexibility index (Phi) is 8.56. The number of nitro benzene ring substituents is 1. The highest BCUT2D eigenvalue weighted by atomic mass is 16.6. The first kappa shape index (κ1) is 35.2. The molecule has 4 aliphatic heterocycles. The maximum Gasteiger partial charge on any atom is 0.270 e. The molecule has 0 saturated carbocycles. The van der Waals surface area contributed by atoms with Gasteiger partial charge in [-0.3, -0.25) is 19.7 Å². The maximum absolute atomic E-state index is 14.0. The van der Waals surface area contributed by atoms with E-state index in [1.807, 2.05) is 78.4 Å². The SMILES string of the molecule is COc1cc2c(cc1OCc1cc(COc3cc4c(cc3C)C(=O)N3c5ccccc5C[C@H]3CN4C)cc([N+](=O)[O-])c1)NC(C)[C@@H]1Cc3ccccc3N1C2=O. The molecule has 4 heterocycles. The van der Waals surface area contributed by atoms with E-state index in [-0.39, 0.29) is 48.8 Å². The van der Waals surface area contributed by atoms with Crippen LogP contribution in [0, 0.1) is 17.0 Å². The standard InChI is InChI=1S/C44H41N5O7/c1-25-13-34-39(46(3)22-32-17-29-9-5-7-11-36(29)47(32)44(34)51)21-40(25)55-23-27-14-28(16-31(15-27)49(52)53)24-56-42-20-35-33(19-41(42)54-4)43(50)48-37-12-8-6-10-30(37)18-38(48)26(2)45-35/h5-16,19-21,26,32,38,45H,17-18,22-24H2,1-4H3/t26?,32-,38-/m0/s1. The van der Waals surface area contributed by atoms with Crippen LogP contribution in [0.15, 0.2) is 91.0 Å². The predicted molar refractivity (Wildman–Crippen MR) is 214 cm³/mol. The van der Waals surface area contributed by atoms with Crippen molar-refractivity contribution in [3.63, 3.8) is 0 Å². The normalized spacial score (nSPS) is 19.1. The Hall–Kier alpha value is -6.56. The Balaban J connectivity index is 0.949. The summed E-state index contributed by atoms with van der Waals surface area (Å²) >= 11 is 0. The lowest BCUT2D eigenvalue weighted by molar-refractivity contribution is -0.385. The molecule has 0 bridgehead atoms. The van der Waals surface area contributed by atoms with Crippen molar-refractivity contribution < 1.29 is 28.7 Å². The van der Waals surface area contributed by atoms with Crippen LogP contribution >= 0.6 is 0 Å². The molecule has 56 heavy (non-hydrogen) atoms. The quantitative estimate of drug-likeness (QED) is 0.127. The molecular formula is C44H41N5O7. The van der Waals surface area contributed by atoms with Crippen LogP contribution in [0.4, 0.5) is 28.4 Å². The average molecular weight is 752 g/mol. The van der Waals surface area contributed by atoms with Crippen molar-refractivity contribution >= 4 is 40.3 Å². The smallest absolute Gasteiger partial charge is 0.270 e. The first-order chi connectivity index (χ1) is 27.1. The number of amides is 2. The third-order valence-electron chi connectivity index (χ3n) is 11.5. The van der Waals surface area contributed by atoms with Gasteiger partial charge in [0.1, 0.15) is 19.0 Å². The second-order valence-corrected chi connectivity index (χ2v) is 15.1. The largest absolute Gasteiger partial charge is 0.493 e. The highest BCUT2D eigenvalue weighted by Crippen LogP contribution is 2.43. The van der Waals surface area contributed by atoms with Crippen LogP contribution in [-0.2, 0) is 26.1 Å². The van der Waals surface area contributed by atoms with Gasteiger partial charge < -0.3 is 34.2 Å². The molecule has 5 aromatic carbocycles. The van der Waals surface area contributed by atoms with Crippen LogP contribution < -0.4 is 34.2 Å². The minimum atomic E-state index is -0.435. The van der Waals surface area contributed by atoms with Crippen molar-refractivity contribution in [3.8, 4) is 17.2 Å². The van der Waals surface area contributed by atoms with Crippen LogP contribution in [0.3, 0.4) is 0 Å². The number of para-hydroxylation sites is 2. The summed E-state index contributed by atoms with van der Waals surface area (Å²) in [7, 11) is 3.50. The molecule has 4 aliphatic rings. The lowest BCUT2D eigenvalue weighted by atomic mass is 10.0. The fourth-order valence-corrected chi connectivity index (χ4v) is 8.76. The van der Waals surface area contributed by atoms with Gasteiger partial charge in [-0.25, -0.2) is 0 Å². The molecule has 12 heteroatoms. The van der Waals surface area contributed by atoms with Gasteiger partial charge in [-0.15, -0.1) is 0 Å². The topological polar surface area (TPSA) is 127 Å². The second-order valence-electron chi connectivity index (χ2n) is 15.1. The lowest BCUT2D eigenvalue weighted by Crippen LogP contribution is -2.44. The van der Waals surface area contributed by atoms with E-state index in [2.05, 4.69) is 29.3 Å². The molecule has 12 nitrogen and oxygen atoms in total. The van der Waals surface area contributed by atoms with Gasteiger partial charge in [-0.1, -0.05) is 36.4 Å². The zero-order valence-electron chi connectivity index (χ0n) is 31.6. The number of hydrogen-bond donors (Lipinski definition) is 1. The van der Waals surface area contributed by atoms with Gasteiger partial charge in [0, 0.05) is 55.3 Å². The number of methoxy groups -OCH3 is 1. The molecule has 5 aromatic rings. The summed E-state index contributed by atoms with van der Waals surface area (Å²) in [6.07, 6.45) is 1.55. The molecule has 1 unspecified atom stereocenters. The van der Waals surface area contributed by atoms with E-state index < -0.39 is 4.92 Å². The second kappa shape index (κ2) is 13.6. The summed E-state index contributed by atoms with van der Waals surface area (Å²) < 4.78 is 18.3. The van der Waals surface area contributed by atoms with Crippen LogP contribution in [0.2, 0.25) is 0 Å². The number of nitrogens with one attached hydrogen (secondary N) is 1. The van der Waals surface area contributed by atoms with E-state index in [0.717, 1.165) is 41.0 Å². The zero-order valence-corrected chi connectivity index (χ0v) is 31.6. The van der Waals surface area contributed by atoms with E-state index in [9.17, 15) is 19.7 Å². The van der Waals surface area contributed by atoms with Crippen molar-refractivity contribution in [1.29, 1.82) is 0 Å². The Morgan fingerprint density at radius 3 is 2.11 bits per heavy atom. The van der Waals surface area contributed by atoms with Crippen molar-refractivity contribution in [2.24, 2.45) is 0 Å². The molecule has 3 atom stereocenters. The van der Waals surface area contributed by atoms with Crippen molar-refractivity contribution in [2.45, 2.75) is 58.0 Å². The molecule has 1 N–H and O–H groups in total. The van der Waals surface area contributed by atoms with Crippen LogP contribution in [0.25, 0.3) is 0 Å². The third-order valence-corrected chi connectivity index (χ3v) is 11.5. The minimum absolute atomic E-state index is 0.00102. The van der Waals surface area contributed by atoms with Crippen molar-refractivity contribution in [2.75, 3.05) is 40.7 Å². The van der Waals surface area contributed by atoms with E-state index in [1.165, 1.54) is 24.8 Å². The van der Waals surface area contributed by atoms with Gasteiger partial charge >= 0.3 is 0 Å². The van der Waals surface area contributed by atoms with E-state index >= 15 is 0 Å². The summed E-state index contributed by atoms with van der Waals surface area (Å²) in [5.74, 6) is 1.21. The number of hydrogen-bond acceptors (Lipinski definition) is 9. The number of likely N-dealkylation sites (N-methyl/N-ethyl adjacent to an activating group) is 1. The summed E-state index contributed by atoms with van der Waals surface area (Å²) in [6, 6.07) is 28.0. The summed E-state index contributed by atoms with van der Waals surface area (Å²) in [5, 5.41) is 15.6. The molecular weight excluding hydrogens is 711 g/mol. The summed E-state index contributed by atoms with van der Waals surface area (Å²) in [4.78, 5) is 45.5. The average Bonchev–Trinajstić information content (AvgIpc) is 3.72. The van der Waals surface area contributed by atoms with Gasteiger partial charge in [0.25, 0.3) is 17.5 Å². The number of fused-ring (bicyclic) bond motifs is 8. The molecule has 284 valence electrons. The highest BCUT2D eigenvalue weighted by Gasteiger charge is 2.42. The zero-order chi connectivity index (χ0) is 38.8. The van der Waals surface area contributed by atoms with Crippen molar-refractivity contribution in [1.82, 2.24) is 0 Å². The van der Waals surface area contributed by atoms with E-state index in [1.54, 1.807) is 12.1 Å². The number of ether oxygens (including phenoxy) is 3. The Labute approximate surface area is 324 Å². The van der Waals surface area contributed by atoms with Crippen LogP contribution in [0.5, 0.6) is 17.2 Å². The lowest BCUT2D eigenvalue weighted by Gasteiger charge is -2.27. The number of aryl methyl sites for hydroxylation is 1. The number of carbonyl (C=O) groups excluding carboxylic acids is 2. The minimum Gasteiger partial charge on any atom is -0.493 e. The van der Waals surface area contributed by atoms with E-state index in [0.29, 0.717) is 51.7 Å². The molecule has 2 amide bonds. The molecule has 9 rings (SSSR count). The molecule has 0 radical (unpaired) electrons. The number of rotatable bonds is 8. The molecule has 0 aromatic heterocycles.